The molecule has 5 rings (SSSR count). The van der Waals surface area contributed by atoms with Gasteiger partial charge in [0.25, 0.3) is 5.69 Å². The number of hydrogen-bond donors (Lipinski definition) is 0. The summed E-state index contributed by atoms with van der Waals surface area (Å²) in [5.74, 6) is 1.11. The molecule has 2 aliphatic heterocycles. The van der Waals surface area contributed by atoms with Crippen LogP contribution in [-0.2, 0) is 9.84 Å². The molecule has 1 saturated heterocycles. The molecule has 2 aromatic carbocycles. The van der Waals surface area contributed by atoms with Gasteiger partial charge in [-0.3, -0.25) is 10.1 Å². The van der Waals surface area contributed by atoms with Crippen LogP contribution in [-0.4, -0.2) is 44.6 Å². The zero-order chi connectivity index (χ0) is 23.9. The number of aromatic nitrogens is 1. The number of nitro groups is 1. The second-order valence-electron chi connectivity index (χ2n) is 8.41. The van der Waals surface area contributed by atoms with Crippen LogP contribution in [0.3, 0.4) is 0 Å². The molecule has 0 saturated carbocycles. The number of fused-ring (bicyclic) bond motifs is 1. The highest BCUT2D eigenvalue weighted by Gasteiger charge is 2.35. The third kappa shape index (κ3) is 3.96. The number of piperidine rings is 1. The Kier molecular flexibility index (Phi) is 5.64. The second-order valence-corrected chi connectivity index (χ2v) is 10.3. The van der Waals surface area contributed by atoms with Gasteiger partial charge in [0.05, 0.1) is 9.82 Å². The van der Waals surface area contributed by atoms with Gasteiger partial charge in [-0.15, -0.1) is 0 Å². The molecule has 34 heavy (non-hydrogen) atoms. The molecule has 1 unspecified atom stereocenters. The average molecular weight is 486 g/mol. The van der Waals surface area contributed by atoms with Gasteiger partial charge in [0.1, 0.15) is 18.8 Å². The third-order valence-electron chi connectivity index (χ3n) is 5.93. The number of ether oxygens (including phenoxy) is 2. The number of anilines is 1. The molecular formula is C23H23N3O7S. The molecule has 178 valence electrons. The van der Waals surface area contributed by atoms with E-state index >= 15 is 0 Å². The van der Waals surface area contributed by atoms with Gasteiger partial charge in [-0.25, -0.2) is 8.42 Å². The Morgan fingerprint density at radius 2 is 1.88 bits per heavy atom. The molecule has 3 aromatic rings. The van der Waals surface area contributed by atoms with Crippen molar-refractivity contribution in [3.8, 4) is 23.0 Å². The average Bonchev–Trinajstić information content (AvgIpc) is 3.30. The highest BCUT2D eigenvalue weighted by molar-refractivity contribution is 7.91. The predicted molar refractivity (Wildman–Crippen MR) is 122 cm³/mol. The van der Waals surface area contributed by atoms with Crippen LogP contribution < -0.4 is 14.4 Å². The SMILES string of the molecule is CC1CCCN(c2oc(-c3ccccc3[N+](=O)[O-])nc2S(=O)(=O)c2ccc3c(c2)OCCO3)C1. The number of nitro benzene ring substituents is 1. The van der Waals surface area contributed by atoms with E-state index in [2.05, 4.69) is 11.9 Å². The van der Waals surface area contributed by atoms with Crippen LogP contribution in [0.5, 0.6) is 11.5 Å². The van der Waals surface area contributed by atoms with Crippen molar-refractivity contribution in [2.45, 2.75) is 29.7 Å². The van der Waals surface area contributed by atoms with Gasteiger partial charge >= 0.3 is 0 Å². The van der Waals surface area contributed by atoms with Crippen LogP contribution in [0.2, 0.25) is 0 Å². The summed E-state index contributed by atoms with van der Waals surface area (Å²) in [4.78, 5) is 17.2. The smallest absolute Gasteiger partial charge is 0.282 e. The molecule has 0 radical (unpaired) electrons. The molecule has 0 aliphatic carbocycles. The number of benzene rings is 2. The van der Waals surface area contributed by atoms with Crippen LogP contribution in [0.4, 0.5) is 11.6 Å². The first-order valence-electron chi connectivity index (χ1n) is 11.0. The highest BCUT2D eigenvalue weighted by Crippen LogP contribution is 2.40. The summed E-state index contributed by atoms with van der Waals surface area (Å²) >= 11 is 0. The Morgan fingerprint density at radius 1 is 1.12 bits per heavy atom. The summed E-state index contributed by atoms with van der Waals surface area (Å²) in [6, 6.07) is 10.4. The van der Waals surface area contributed by atoms with Gasteiger partial charge in [0.2, 0.25) is 26.6 Å². The minimum atomic E-state index is -4.14. The van der Waals surface area contributed by atoms with Crippen LogP contribution in [0.15, 0.2) is 56.8 Å². The Bertz CT molecular complexity index is 1350. The molecule has 11 heteroatoms. The fraction of sp³-hybridized carbons (Fsp3) is 0.348. The summed E-state index contributed by atoms with van der Waals surface area (Å²) in [6.07, 6.45) is 1.89. The van der Waals surface area contributed by atoms with Crippen molar-refractivity contribution in [3.63, 3.8) is 0 Å². The van der Waals surface area contributed by atoms with E-state index in [1.54, 1.807) is 12.1 Å². The molecular weight excluding hydrogens is 462 g/mol. The van der Waals surface area contributed by atoms with E-state index in [0.717, 1.165) is 12.8 Å². The first-order chi connectivity index (χ1) is 16.3. The minimum Gasteiger partial charge on any atom is -0.486 e. The second kappa shape index (κ2) is 8.64. The Labute approximate surface area is 196 Å². The largest absolute Gasteiger partial charge is 0.486 e. The van der Waals surface area contributed by atoms with Gasteiger partial charge in [-0.2, -0.15) is 4.98 Å². The lowest BCUT2D eigenvalue weighted by Gasteiger charge is -2.30. The van der Waals surface area contributed by atoms with Gasteiger partial charge in [0.15, 0.2) is 11.5 Å². The number of nitrogens with zero attached hydrogens (tertiary/aromatic N) is 3. The van der Waals surface area contributed by atoms with Gasteiger partial charge < -0.3 is 18.8 Å². The van der Waals surface area contributed by atoms with E-state index in [4.69, 9.17) is 13.9 Å². The fourth-order valence-corrected chi connectivity index (χ4v) is 5.61. The topological polar surface area (TPSA) is 125 Å². The Morgan fingerprint density at radius 3 is 2.65 bits per heavy atom. The monoisotopic (exact) mass is 485 g/mol. The summed E-state index contributed by atoms with van der Waals surface area (Å²) in [5, 5.41) is 11.3. The summed E-state index contributed by atoms with van der Waals surface area (Å²) in [7, 11) is -4.14. The van der Waals surface area contributed by atoms with Crippen LogP contribution >= 0.6 is 0 Å². The van der Waals surface area contributed by atoms with Crippen molar-refractivity contribution in [1.82, 2.24) is 4.98 Å². The lowest BCUT2D eigenvalue weighted by atomic mass is 10.0. The molecule has 0 N–H and O–H groups in total. The normalized spacial score (nSPS) is 18.0. The van der Waals surface area contributed by atoms with Crippen LogP contribution in [0.25, 0.3) is 11.5 Å². The molecule has 0 bridgehead atoms. The maximum absolute atomic E-state index is 13.7. The van der Waals surface area contributed by atoms with Crippen molar-refractivity contribution in [3.05, 3.63) is 52.6 Å². The zero-order valence-electron chi connectivity index (χ0n) is 18.5. The quantitative estimate of drug-likeness (QED) is 0.388. The van der Waals surface area contributed by atoms with E-state index < -0.39 is 14.8 Å². The van der Waals surface area contributed by atoms with Gasteiger partial charge in [-0.05, 0) is 37.0 Å². The van der Waals surface area contributed by atoms with Gasteiger partial charge in [0, 0.05) is 25.2 Å². The van der Waals surface area contributed by atoms with Crippen LogP contribution in [0.1, 0.15) is 19.8 Å². The first-order valence-corrected chi connectivity index (χ1v) is 12.5. The van der Waals surface area contributed by atoms with Crippen molar-refractivity contribution < 1.29 is 27.2 Å². The summed E-state index contributed by atoms with van der Waals surface area (Å²) in [6.45, 7) is 3.98. The molecule has 2 aliphatic rings. The third-order valence-corrected chi connectivity index (χ3v) is 7.58. The van der Waals surface area contributed by atoms with Crippen molar-refractivity contribution >= 4 is 21.4 Å². The molecule has 10 nitrogen and oxygen atoms in total. The first kappa shape index (κ1) is 22.2. The molecule has 0 amide bonds. The number of para-hydroxylation sites is 1. The van der Waals surface area contributed by atoms with E-state index in [1.807, 2.05) is 4.90 Å². The van der Waals surface area contributed by atoms with Crippen molar-refractivity contribution in [2.75, 3.05) is 31.2 Å². The molecule has 0 spiro atoms. The number of oxazole rings is 1. The fourth-order valence-electron chi connectivity index (χ4n) is 4.28. The lowest BCUT2D eigenvalue weighted by molar-refractivity contribution is -0.384. The summed E-state index contributed by atoms with van der Waals surface area (Å²) < 4.78 is 44.5. The predicted octanol–water partition coefficient (Wildman–Crippen LogP) is 4.09. The maximum atomic E-state index is 13.7. The maximum Gasteiger partial charge on any atom is 0.282 e. The minimum absolute atomic E-state index is 0.0227. The van der Waals surface area contributed by atoms with Crippen molar-refractivity contribution in [1.29, 1.82) is 0 Å². The number of sulfone groups is 1. The highest BCUT2D eigenvalue weighted by atomic mass is 32.2. The molecule has 1 fully saturated rings. The standard InChI is InChI=1S/C23H23N3O7S/c1-15-5-4-10-25(14-15)23-22(24-21(33-23)17-6-2-3-7-18(17)26(27)28)34(29,30)16-8-9-19-20(13-16)32-12-11-31-19/h2-3,6-9,13,15H,4-5,10-12,14H2,1H3. The number of rotatable bonds is 5. The van der Waals surface area contributed by atoms with E-state index in [9.17, 15) is 18.5 Å². The summed E-state index contributed by atoms with van der Waals surface area (Å²) in [5.41, 5.74) is -0.104. The van der Waals surface area contributed by atoms with Crippen LogP contribution in [0, 0.1) is 16.0 Å². The van der Waals surface area contributed by atoms with Crippen molar-refractivity contribution in [2.24, 2.45) is 5.92 Å². The molecule has 1 atom stereocenters. The Balaban J connectivity index is 1.66. The molecule has 3 heterocycles. The van der Waals surface area contributed by atoms with E-state index in [-0.39, 0.29) is 32.9 Å². The van der Waals surface area contributed by atoms with Gasteiger partial charge in [-0.1, -0.05) is 19.1 Å². The Hall–Kier alpha value is -3.60. The van der Waals surface area contributed by atoms with E-state index in [1.165, 1.54) is 30.3 Å². The number of hydrogen-bond acceptors (Lipinski definition) is 9. The molecule has 1 aromatic heterocycles. The van der Waals surface area contributed by atoms with E-state index in [0.29, 0.717) is 43.7 Å². The zero-order valence-corrected chi connectivity index (χ0v) is 19.3. The lowest BCUT2D eigenvalue weighted by Crippen LogP contribution is -2.34.